The van der Waals surface area contributed by atoms with Crippen LogP contribution in [0.5, 0.6) is 0 Å². The first-order valence-electron chi connectivity index (χ1n) is 7.45. The van der Waals surface area contributed by atoms with Gasteiger partial charge in [-0.05, 0) is 24.6 Å². The van der Waals surface area contributed by atoms with Crippen LogP contribution < -0.4 is 15.5 Å². The van der Waals surface area contributed by atoms with Gasteiger partial charge in [0.25, 0.3) is 5.92 Å². The first-order chi connectivity index (χ1) is 11.3. The summed E-state index contributed by atoms with van der Waals surface area (Å²) in [7, 11) is 0. The molecule has 2 atom stereocenters. The van der Waals surface area contributed by atoms with Crippen molar-refractivity contribution in [2.75, 3.05) is 18.0 Å². The van der Waals surface area contributed by atoms with E-state index < -0.39 is 36.9 Å². The maximum atomic E-state index is 13.2. The van der Waals surface area contributed by atoms with Crippen LogP contribution in [0.1, 0.15) is 12.8 Å². The fraction of sp³-hybridized carbons (Fsp3) is 0.467. The molecule has 2 unspecified atom stereocenters. The topological polar surface area (TPSA) is 61.4 Å². The lowest BCUT2D eigenvalue weighted by molar-refractivity contribution is -0.127. The molecule has 0 saturated carbocycles. The average molecular weight is 378 g/mol. The number of hydrogen-bond donors (Lipinski definition) is 2. The number of alkyl halides is 2. The summed E-state index contributed by atoms with van der Waals surface area (Å²) >= 11 is 11.8. The maximum absolute atomic E-state index is 13.2. The van der Waals surface area contributed by atoms with Gasteiger partial charge >= 0.3 is 0 Å². The largest absolute Gasteiger partial charge is 0.343 e. The number of carbonyl (C=O) groups is 2. The van der Waals surface area contributed by atoms with Gasteiger partial charge in [-0.2, -0.15) is 0 Å². The molecule has 5 nitrogen and oxygen atoms in total. The van der Waals surface area contributed by atoms with E-state index in [9.17, 15) is 18.4 Å². The molecule has 2 amide bonds. The molecular weight excluding hydrogens is 363 g/mol. The molecule has 2 heterocycles. The van der Waals surface area contributed by atoms with Gasteiger partial charge in [0.15, 0.2) is 0 Å². The van der Waals surface area contributed by atoms with Crippen LogP contribution in [-0.4, -0.2) is 42.9 Å². The summed E-state index contributed by atoms with van der Waals surface area (Å²) in [5, 5.41) is 5.73. The summed E-state index contributed by atoms with van der Waals surface area (Å²) in [5.74, 6) is -3.78. The molecule has 24 heavy (non-hydrogen) atoms. The zero-order chi connectivity index (χ0) is 17.5. The van der Waals surface area contributed by atoms with Crippen molar-refractivity contribution < 1.29 is 18.4 Å². The lowest BCUT2D eigenvalue weighted by Gasteiger charge is -2.19. The Balaban J connectivity index is 1.64. The Bertz CT molecular complexity index is 687. The van der Waals surface area contributed by atoms with E-state index in [4.69, 9.17) is 23.2 Å². The van der Waals surface area contributed by atoms with Crippen LogP contribution in [0.25, 0.3) is 0 Å². The monoisotopic (exact) mass is 377 g/mol. The highest BCUT2D eigenvalue weighted by molar-refractivity contribution is 6.42. The van der Waals surface area contributed by atoms with Crippen molar-refractivity contribution in [1.82, 2.24) is 10.6 Å². The smallest absolute Gasteiger partial charge is 0.262 e. The second-order valence-corrected chi connectivity index (χ2v) is 6.75. The zero-order valence-electron chi connectivity index (χ0n) is 12.5. The van der Waals surface area contributed by atoms with Crippen molar-refractivity contribution in [1.29, 1.82) is 0 Å². The Kier molecular flexibility index (Phi) is 4.68. The maximum Gasteiger partial charge on any atom is 0.262 e. The van der Waals surface area contributed by atoms with Gasteiger partial charge in [-0.3, -0.25) is 14.9 Å². The Labute approximate surface area is 147 Å². The predicted octanol–water partition coefficient (Wildman–Crippen LogP) is 2.21. The Morgan fingerprint density at radius 1 is 1.33 bits per heavy atom. The molecule has 0 aromatic heterocycles. The minimum Gasteiger partial charge on any atom is -0.343 e. The van der Waals surface area contributed by atoms with Crippen molar-refractivity contribution in [2.24, 2.45) is 0 Å². The highest BCUT2D eigenvalue weighted by atomic mass is 35.5. The van der Waals surface area contributed by atoms with Gasteiger partial charge in [-0.1, -0.05) is 23.2 Å². The van der Waals surface area contributed by atoms with Crippen molar-refractivity contribution in [3.63, 3.8) is 0 Å². The van der Waals surface area contributed by atoms with E-state index in [1.165, 1.54) is 4.90 Å². The van der Waals surface area contributed by atoms with Gasteiger partial charge in [-0.15, -0.1) is 0 Å². The quantitative estimate of drug-likeness (QED) is 0.848. The molecule has 1 aromatic carbocycles. The summed E-state index contributed by atoms with van der Waals surface area (Å²) < 4.78 is 26.3. The standard InChI is InChI=1S/C15H15Cl2F2N3O2/c16-9-2-1-8(5-10(9)17)22-4-3-11(14(22)24)21-13(23)12-6-15(18,19)7-20-12/h1-2,5,11-12,20H,3-4,6-7H2,(H,21,23). The number of rotatable bonds is 3. The van der Waals surface area contributed by atoms with Gasteiger partial charge in [0.2, 0.25) is 11.8 Å². The number of nitrogens with one attached hydrogen (secondary N) is 2. The molecule has 9 heteroatoms. The van der Waals surface area contributed by atoms with E-state index in [2.05, 4.69) is 10.6 Å². The van der Waals surface area contributed by atoms with Crippen molar-refractivity contribution >= 4 is 40.7 Å². The number of amides is 2. The highest BCUT2D eigenvalue weighted by Gasteiger charge is 2.43. The van der Waals surface area contributed by atoms with Crippen LogP contribution >= 0.6 is 23.2 Å². The van der Waals surface area contributed by atoms with Gasteiger partial charge in [0, 0.05) is 18.7 Å². The summed E-state index contributed by atoms with van der Waals surface area (Å²) in [6.45, 7) is -0.130. The lowest BCUT2D eigenvalue weighted by atomic mass is 10.1. The molecule has 1 aromatic rings. The van der Waals surface area contributed by atoms with E-state index in [-0.39, 0.29) is 5.91 Å². The number of anilines is 1. The first kappa shape index (κ1) is 17.4. The summed E-state index contributed by atoms with van der Waals surface area (Å²) in [5.41, 5.74) is 0.580. The van der Waals surface area contributed by atoms with Crippen LogP contribution in [0, 0.1) is 0 Å². The number of hydrogen-bond acceptors (Lipinski definition) is 3. The molecular formula is C15H15Cl2F2N3O2. The Morgan fingerprint density at radius 3 is 2.71 bits per heavy atom. The molecule has 130 valence electrons. The molecule has 0 radical (unpaired) electrons. The summed E-state index contributed by atoms with van der Waals surface area (Å²) in [6, 6.07) is 3.11. The second kappa shape index (κ2) is 6.46. The number of halogens is 4. The van der Waals surface area contributed by atoms with E-state index in [0.717, 1.165) is 0 Å². The molecule has 3 rings (SSSR count). The van der Waals surface area contributed by atoms with E-state index in [1.54, 1.807) is 18.2 Å². The minimum atomic E-state index is -2.90. The van der Waals surface area contributed by atoms with Crippen LogP contribution in [-0.2, 0) is 9.59 Å². The van der Waals surface area contributed by atoms with Crippen LogP contribution in [0.3, 0.4) is 0 Å². The number of benzene rings is 1. The molecule has 0 aliphatic carbocycles. The van der Waals surface area contributed by atoms with Gasteiger partial charge in [-0.25, -0.2) is 8.78 Å². The molecule has 2 aliphatic heterocycles. The molecule has 2 aliphatic rings. The van der Waals surface area contributed by atoms with Crippen LogP contribution in [0.15, 0.2) is 18.2 Å². The fourth-order valence-electron chi connectivity index (χ4n) is 2.90. The van der Waals surface area contributed by atoms with E-state index in [1.807, 2.05) is 0 Å². The zero-order valence-corrected chi connectivity index (χ0v) is 14.0. The third kappa shape index (κ3) is 3.48. The average Bonchev–Trinajstić information content (AvgIpc) is 3.06. The predicted molar refractivity (Wildman–Crippen MR) is 86.7 cm³/mol. The minimum absolute atomic E-state index is 0.300. The van der Waals surface area contributed by atoms with Gasteiger partial charge in [0.05, 0.1) is 22.6 Å². The van der Waals surface area contributed by atoms with E-state index >= 15 is 0 Å². The third-order valence-corrected chi connectivity index (χ3v) is 4.90. The molecule has 0 spiro atoms. The second-order valence-electron chi connectivity index (χ2n) is 5.93. The van der Waals surface area contributed by atoms with Crippen LogP contribution in [0.4, 0.5) is 14.5 Å². The fourth-order valence-corrected chi connectivity index (χ4v) is 3.19. The third-order valence-electron chi connectivity index (χ3n) is 4.16. The van der Waals surface area contributed by atoms with Gasteiger partial charge in [0.1, 0.15) is 6.04 Å². The Morgan fingerprint density at radius 2 is 2.08 bits per heavy atom. The molecule has 2 fully saturated rings. The van der Waals surface area contributed by atoms with E-state index in [0.29, 0.717) is 28.7 Å². The summed E-state index contributed by atoms with van der Waals surface area (Å²) in [6.07, 6.45) is -0.163. The molecule has 0 bridgehead atoms. The van der Waals surface area contributed by atoms with Crippen LogP contribution in [0.2, 0.25) is 10.0 Å². The molecule has 2 N–H and O–H groups in total. The number of nitrogens with zero attached hydrogens (tertiary/aromatic N) is 1. The normalized spacial score (nSPS) is 26.0. The lowest BCUT2D eigenvalue weighted by Crippen LogP contribution is -2.48. The van der Waals surface area contributed by atoms with Crippen molar-refractivity contribution in [3.05, 3.63) is 28.2 Å². The molecule has 2 saturated heterocycles. The first-order valence-corrected chi connectivity index (χ1v) is 8.20. The summed E-state index contributed by atoms with van der Waals surface area (Å²) in [4.78, 5) is 26.0. The van der Waals surface area contributed by atoms with Crippen molar-refractivity contribution in [2.45, 2.75) is 30.8 Å². The Hall–Kier alpha value is -1.44. The number of carbonyl (C=O) groups excluding carboxylic acids is 2. The highest BCUT2D eigenvalue weighted by Crippen LogP contribution is 2.30. The van der Waals surface area contributed by atoms with Crippen molar-refractivity contribution in [3.8, 4) is 0 Å². The SMILES string of the molecule is O=C(NC1CCN(c2ccc(Cl)c(Cl)c2)C1=O)C1CC(F)(F)CN1. The van der Waals surface area contributed by atoms with Gasteiger partial charge < -0.3 is 10.2 Å².